The summed E-state index contributed by atoms with van der Waals surface area (Å²) in [5.74, 6) is -1.92. The van der Waals surface area contributed by atoms with E-state index in [0.717, 1.165) is 6.08 Å². The van der Waals surface area contributed by atoms with Gasteiger partial charge in [0, 0.05) is 31.3 Å². The first-order valence-corrected chi connectivity index (χ1v) is 9.22. The van der Waals surface area contributed by atoms with E-state index in [9.17, 15) is 9.59 Å². The maximum atomic E-state index is 9.60. The van der Waals surface area contributed by atoms with Crippen molar-refractivity contribution < 1.29 is 38.9 Å². The molecule has 0 spiro atoms. The van der Waals surface area contributed by atoms with Gasteiger partial charge in [0.05, 0.1) is 13.2 Å². The van der Waals surface area contributed by atoms with Crippen molar-refractivity contribution in [2.24, 2.45) is 15.0 Å². The van der Waals surface area contributed by atoms with Gasteiger partial charge in [0.1, 0.15) is 0 Å². The number of isocyanates is 3. The molecule has 0 unspecified atom stereocenters. The molecule has 0 saturated heterocycles. The molecule has 0 saturated carbocycles. The highest BCUT2D eigenvalue weighted by atomic mass is 16.5. The van der Waals surface area contributed by atoms with Crippen LogP contribution in [0.4, 0.5) is 0 Å². The molecular weight excluding hydrogens is 434 g/mol. The second kappa shape index (κ2) is 51.0. The largest absolute Gasteiger partial charge is 0.478 e. The molecule has 11 heteroatoms. The molecule has 0 heterocycles. The van der Waals surface area contributed by atoms with E-state index in [0.29, 0.717) is 32.8 Å². The molecule has 0 aromatic carbocycles. The third kappa shape index (κ3) is 131. The van der Waals surface area contributed by atoms with Gasteiger partial charge >= 0.3 is 11.9 Å². The SMILES string of the molecule is C=C(C)C(=O)O.C=CC(=O)O.C=CCOCC=C.CCN=C=O.CCN=C=O.CCN=C=O. The lowest BCUT2D eigenvalue weighted by Gasteiger charge is -1.89. The number of rotatable bonds is 9. The smallest absolute Gasteiger partial charge is 0.330 e. The summed E-state index contributed by atoms with van der Waals surface area (Å²) in [4.78, 5) is 55.7. The Kier molecular flexibility index (Phi) is 66.5. The molecule has 0 amide bonds. The Morgan fingerprint density at radius 2 is 1.06 bits per heavy atom. The van der Waals surface area contributed by atoms with E-state index in [4.69, 9.17) is 29.3 Å². The Labute approximate surface area is 195 Å². The second-order valence-electron chi connectivity index (χ2n) is 4.44. The zero-order valence-corrected chi connectivity index (χ0v) is 19.8. The summed E-state index contributed by atoms with van der Waals surface area (Å²) in [5, 5.41) is 15.5. The molecule has 2 N–H and O–H groups in total. The van der Waals surface area contributed by atoms with E-state index in [1.54, 1.807) is 32.9 Å². The first-order valence-electron chi connectivity index (χ1n) is 9.22. The lowest BCUT2D eigenvalue weighted by atomic mass is 10.4. The number of nitrogens with zero attached hydrogens (tertiary/aromatic N) is 3. The van der Waals surface area contributed by atoms with Crippen LogP contribution in [0.3, 0.4) is 0 Å². The summed E-state index contributed by atoms with van der Waals surface area (Å²) in [6.07, 6.45) is 8.43. The van der Waals surface area contributed by atoms with E-state index >= 15 is 0 Å². The van der Waals surface area contributed by atoms with Crippen molar-refractivity contribution in [3.8, 4) is 0 Å². The number of carboxylic acid groups (broad SMARTS) is 2. The maximum Gasteiger partial charge on any atom is 0.330 e. The number of hydrogen-bond acceptors (Lipinski definition) is 9. The topological polar surface area (TPSA) is 172 Å². The molecule has 11 nitrogen and oxygen atoms in total. The summed E-state index contributed by atoms with van der Waals surface area (Å²) in [6, 6.07) is 0. The van der Waals surface area contributed by atoms with Gasteiger partial charge in [0.15, 0.2) is 0 Å². The Hall–Kier alpha value is -4.00. The predicted molar refractivity (Wildman–Crippen MR) is 127 cm³/mol. The van der Waals surface area contributed by atoms with Crippen molar-refractivity contribution in [2.45, 2.75) is 27.7 Å². The van der Waals surface area contributed by atoms with Crippen LogP contribution in [-0.4, -0.2) is 73.2 Å². The van der Waals surface area contributed by atoms with Crippen molar-refractivity contribution in [3.63, 3.8) is 0 Å². The molecule has 0 aliphatic carbocycles. The zero-order chi connectivity index (χ0) is 27.3. The first kappa shape index (κ1) is 43.0. The van der Waals surface area contributed by atoms with Crippen molar-refractivity contribution in [2.75, 3.05) is 32.8 Å². The van der Waals surface area contributed by atoms with Crippen molar-refractivity contribution in [3.05, 3.63) is 50.1 Å². The number of aliphatic imine (C=N–C) groups is 3. The summed E-state index contributed by atoms with van der Waals surface area (Å²) in [7, 11) is 0. The van der Waals surface area contributed by atoms with Gasteiger partial charge in [-0.05, 0) is 27.7 Å². The van der Waals surface area contributed by atoms with Gasteiger partial charge in [-0.1, -0.05) is 25.3 Å². The monoisotopic (exact) mass is 469 g/mol. The summed E-state index contributed by atoms with van der Waals surface area (Å²) in [6.45, 7) is 22.7. The standard InChI is InChI=1S/C6H10O.C4H6O2.3C3H5NO.C3H4O2/c1-3-5-7-6-4-2;1-3(2)4(5)6;3*1-2-4-3-5;1-2-3(4)5/h3-4H,1-2,5-6H2;1H2,2H3,(H,5,6);3*2H2,1H3;2H,1H2,(H,4,5). The third-order valence-corrected chi connectivity index (χ3v) is 1.68. The van der Waals surface area contributed by atoms with E-state index in [-0.39, 0.29) is 5.57 Å². The fraction of sp³-hybridized carbons (Fsp3) is 0.409. The molecule has 0 aromatic heterocycles. The minimum Gasteiger partial charge on any atom is -0.478 e. The number of hydrogen-bond donors (Lipinski definition) is 2. The lowest BCUT2D eigenvalue weighted by Crippen LogP contribution is -1.92. The number of aliphatic carboxylic acids is 2. The van der Waals surface area contributed by atoms with Crippen LogP contribution < -0.4 is 0 Å². The quantitative estimate of drug-likeness (QED) is 0.170. The molecule has 0 atom stereocenters. The van der Waals surface area contributed by atoms with Crippen molar-refractivity contribution >= 4 is 30.2 Å². The first-order chi connectivity index (χ1) is 15.6. The van der Waals surface area contributed by atoms with Crippen LogP contribution in [-0.2, 0) is 28.7 Å². The molecule has 0 aliphatic rings. The number of ether oxygens (including phenoxy) is 1. The van der Waals surface area contributed by atoms with Gasteiger partial charge in [0.2, 0.25) is 18.2 Å². The fourth-order valence-electron chi connectivity index (χ4n) is 0.428. The third-order valence-electron chi connectivity index (χ3n) is 1.68. The van der Waals surface area contributed by atoms with Crippen molar-refractivity contribution in [1.82, 2.24) is 0 Å². The Bertz CT molecular complexity index is 594. The highest BCUT2D eigenvalue weighted by Crippen LogP contribution is 1.81. The highest BCUT2D eigenvalue weighted by molar-refractivity contribution is 5.84. The van der Waals surface area contributed by atoms with Gasteiger partial charge in [0.25, 0.3) is 0 Å². The molecule has 33 heavy (non-hydrogen) atoms. The average Bonchev–Trinajstić information content (AvgIpc) is 2.78. The number of carbonyl (C=O) groups excluding carboxylic acids is 3. The molecule has 0 aromatic rings. The molecule has 0 bridgehead atoms. The van der Waals surface area contributed by atoms with Crippen LogP contribution in [0.5, 0.6) is 0 Å². The Balaban J connectivity index is -0.0000000666. The maximum absolute atomic E-state index is 9.60. The minimum atomic E-state index is -0.981. The molecule has 0 aliphatic heterocycles. The molecule has 0 radical (unpaired) electrons. The van der Waals surface area contributed by atoms with E-state index in [1.807, 2.05) is 0 Å². The number of carbonyl (C=O) groups is 2. The van der Waals surface area contributed by atoms with Crippen LogP contribution in [0.25, 0.3) is 0 Å². The highest BCUT2D eigenvalue weighted by Gasteiger charge is 1.90. The van der Waals surface area contributed by atoms with Gasteiger partial charge < -0.3 is 14.9 Å². The van der Waals surface area contributed by atoms with Crippen LogP contribution in [0, 0.1) is 0 Å². The Morgan fingerprint density at radius 1 is 0.818 bits per heavy atom. The van der Waals surface area contributed by atoms with Gasteiger partial charge in [-0.2, -0.15) is 0 Å². The Morgan fingerprint density at radius 3 is 1.12 bits per heavy atom. The normalized spacial score (nSPS) is 6.67. The average molecular weight is 470 g/mol. The fourth-order valence-corrected chi connectivity index (χ4v) is 0.428. The minimum absolute atomic E-state index is 0.176. The van der Waals surface area contributed by atoms with Gasteiger partial charge in [-0.15, -0.1) is 13.2 Å². The van der Waals surface area contributed by atoms with Gasteiger partial charge in [-0.25, -0.2) is 38.9 Å². The summed E-state index contributed by atoms with van der Waals surface area (Å²) in [5.41, 5.74) is 0.176. The zero-order valence-electron chi connectivity index (χ0n) is 19.8. The summed E-state index contributed by atoms with van der Waals surface area (Å²) < 4.78 is 4.90. The van der Waals surface area contributed by atoms with Crippen LogP contribution in [0.1, 0.15) is 27.7 Å². The van der Waals surface area contributed by atoms with E-state index in [1.165, 1.54) is 25.2 Å². The lowest BCUT2D eigenvalue weighted by molar-refractivity contribution is -0.133. The van der Waals surface area contributed by atoms with Crippen LogP contribution in [0.15, 0.2) is 65.1 Å². The van der Waals surface area contributed by atoms with E-state index in [2.05, 4.69) is 41.3 Å². The second-order valence-corrected chi connectivity index (χ2v) is 4.44. The summed E-state index contributed by atoms with van der Waals surface area (Å²) >= 11 is 0. The van der Waals surface area contributed by atoms with Gasteiger partial charge in [-0.3, -0.25) is 0 Å². The van der Waals surface area contributed by atoms with Crippen molar-refractivity contribution in [1.29, 1.82) is 0 Å². The molecule has 186 valence electrons. The predicted octanol–water partition coefficient (Wildman–Crippen LogP) is 3.31. The molecule has 0 fully saturated rings. The molecule has 0 rings (SSSR count). The van der Waals surface area contributed by atoms with Crippen LogP contribution >= 0.6 is 0 Å². The number of carboxylic acids is 2. The molecular formula is C22H35N3O8. The van der Waals surface area contributed by atoms with E-state index < -0.39 is 11.9 Å². The van der Waals surface area contributed by atoms with Crippen LogP contribution in [0.2, 0.25) is 0 Å².